The monoisotopic (exact) mass is 532 g/mol. The van der Waals surface area contributed by atoms with Crippen LogP contribution in [0.2, 0.25) is 5.02 Å². The van der Waals surface area contributed by atoms with Gasteiger partial charge in [-0.1, -0.05) is 41.0 Å². The van der Waals surface area contributed by atoms with Crippen LogP contribution in [0.4, 0.5) is 11.4 Å². The van der Waals surface area contributed by atoms with Crippen molar-refractivity contribution in [1.29, 1.82) is 0 Å². The van der Waals surface area contributed by atoms with Gasteiger partial charge in [0.2, 0.25) is 0 Å². The number of methoxy groups -OCH3 is 1. The Hall–Kier alpha value is -3.59. The maximum absolute atomic E-state index is 13.6. The number of nitrogens with zero attached hydrogens (tertiary/aromatic N) is 3. The van der Waals surface area contributed by atoms with Gasteiger partial charge in [-0.15, -0.1) is 0 Å². The van der Waals surface area contributed by atoms with Gasteiger partial charge in [0.15, 0.2) is 11.5 Å². The number of ketones is 1. The van der Waals surface area contributed by atoms with Gasteiger partial charge in [0, 0.05) is 68.2 Å². The van der Waals surface area contributed by atoms with E-state index in [0.29, 0.717) is 41.7 Å². The highest BCUT2D eigenvalue weighted by Gasteiger charge is 2.34. The minimum absolute atomic E-state index is 0.0155. The molecule has 0 atom stereocenters. The molecule has 0 unspecified atom stereocenters. The van der Waals surface area contributed by atoms with E-state index in [1.165, 1.54) is 0 Å². The van der Waals surface area contributed by atoms with Gasteiger partial charge in [0.25, 0.3) is 0 Å². The van der Waals surface area contributed by atoms with E-state index < -0.39 is 0 Å². The fourth-order valence-electron chi connectivity index (χ4n) is 5.25. The zero-order valence-electron chi connectivity index (χ0n) is 21.2. The molecular formula is C29H29ClN4O4. The number of hydrogen-bond donors (Lipinski definition) is 1. The highest BCUT2D eigenvalue weighted by molar-refractivity contribution is 6.30. The molecule has 38 heavy (non-hydrogen) atoms. The number of hydrogen-bond acceptors (Lipinski definition) is 8. The van der Waals surface area contributed by atoms with E-state index in [1.807, 2.05) is 54.6 Å². The lowest BCUT2D eigenvalue weighted by molar-refractivity contribution is 0.104. The standard InChI is InChI=1S/C29H29ClN4O4/c1-36-16-10-31-23-18-24(27-26-25(23)28(35)21-4-2-3-5-22(21)29(26)38-32-27)34-13-11-33(12-14-34)15-17-37-20-8-6-19(30)7-9-20/h2-9,18,31H,10-17H2,1H3. The topological polar surface area (TPSA) is 80.1 Å². The molecule has 1 fully saturated rings. The van der Waals surface area contributed by atoms with Gasteiger partial charge in [-0.2, -0.15) is 0 Å². The molecule has 3 aromatic carbocycles. The van der Waals surface area contributed by atoms with Gasteiger partial charge in [-0.05, 0) is 30.3 Å². The summed E-state index contributed by atoms with van der Waals surface area (Å²) >= 11 is 5.96. The quantitative estimate of drug-likeness (QED) is 0.267. The molecule has 1 aliphatic heterocycles. The third kappa shape index (κ3) is 4.60. The molecule has 0 bridgehead atoms. The molecule has 1 saturated heterocycles. The lowest BCUT2D eigenvalue weighted by Gasteiger charge is -2.36. The summed E-state index contributed by atoms with van der Waals surface area (Å²) in [6.45, 7) is 6.03. The third-order valence-corrected chi connectivity index (χ3v) is 7.45. The van der Waals surface area contributed by atoms with E-state index in [9.17, 15) is 4.79 Å². The number of fused-ring (bicyclic) bond motifs is 2. The number of anilines is 2. The Morgan fingerprint density at radius 1 is 1.03 bits per heavy atom. The van der Waals surface area contributed by atoms with Gasteiger partial charge in [-0.3, -0.25) is 9.69 Å². The lowest BCUT2D eigenvalue weighted by atomic mass is 9.86. The van der Waals surface area contributed by atoms with E-state index in [-0.39, 0.29) is 5.78 Å². The Kier molecular flexibility index (Phi) is 6.93. The number of piperazine rings is 1. The summed E-state index contributed by atoms with van der Waals surface area (Å²) in [6, 6.07) is 17.1. The Bertz CT molecular complexity index is 1460. The first-order valence-corrected chi connectivity index (χ1v) is 13.2. The molecule has 6 rings (SSSR count). The third-order valence-electron chi connectivity index (χ3n) is 7.20. The Balaban J connectivity index is 1.23. The maximum Gasteiger partial charge on any atom is 0.196 e. The van der Waals surface area contributed by atoms with Crippen molar-refractivity contribution in [2.75, 3.05) is 69.8 Å². The van der Waals surface area contributed by atoms with Crippen LogP contribution in [0.5, 0.6) is 5.75 Å². The largest absolute Gasteiger partial charge is 0.492 e. The van der Waals surface area contributed by atoms with Crippen LogP contribution >= 0.6 is 11.6 Å². The summed E-state index contributed by atoms with van der Waals surface area (Å²) < 4.78 is 17.0. The van der Waals surface area contributed by atoms with Crippen molar-refractivity contribution >= 4 is 39.7 Å². The first-order chi connectivity index (χ1) is 18.6. The molecule has 1 N–H and O–H groups in total. The average Bonchev–Trinajstić information content (AvgIpc) is 3.39. The molecule has 0 spiro atoms. The Labute approximate surface area is 226 Å². The maximum atomic E-state index is 13.6. The van der Waals surface area contributed by atoms with E-state index >= 15 is 0 Å². The van der Waals surface area contributed by atoms with Gasteiger partial charge in [0.1, 0.15) is 17.9 Å². The number of rotatable bonds is 9. The smallest absolute Gasteiger partial charge is 0.196 e. The number of nitrogens with one attached hydrogen (secondary N) is 1. The van der Waals surface area contributed by atoms with E-state index in [1.54, 1.807) is 7.11 Å². The number of benzene rings is 3. The molecular weight excluding hydrogens is 504 g/mol. The van der Waals surface area contributed by atoms with E-state index in [2.05, 4.69) is 20.3 Å². The molecule has 2 heterocycles. The number of halogens is 1. The molecule has 9 heteroatoms. The normalized spacial score (nSPS) is 15.1. The minimum Gasteiger partial charge on any atom is -0.492 e. The summed E-state index contributed by atoms with van der Waals surface area (Å²) in [5.41, 5.74) is 4.53. The second kappa shape index (κ2) is 10.6. The SMILES string of the molecule is COCCNc1cc(N2CCN(CCOc3ccc(Cl)cc3)CC2)c2noc3c2c1C(=O)c1ccccc1-3. The number of aromatic nitrogens is 1. The lowest BCUT2D eigenvalue weighted by Crippen LogP contribution is -2.47. The number of carbonyl (C=O) groups is 1. The zero-order valence-corrected chi connectivity index (χ0v) is 22.0. The van der Waals surface area contributed by atoms with E-state index in [4.69, 9.17) is 25.6 Å². The molecule has 196 valence electrons. The summed E-state index contributed by atoms with van der Waals surface area (Å²) in [5.74, 6) is 1.46. The van der Waals surface area contributed by atoms with Crippen LogP contribution in [0, 0.1) is 0 Å². The van der Waals surface area contributed by atoms with Crippen molar-refractivity contribution in [2.24, 2.45) is 0 Å². The van der Waals surface area contributed by atoms with Gasteiger partial charge in [-0.25, -0.2) is 0 Å². The number of ether oxygens (including phenoxy) is 2. The summed E-state index contributed by atoms with van der Waals surface area (Å²) in [5, 5.41) is 9.39. The minimum atomic E-state index is -0.0155. The molecule has 8 nitrogen and oxygen atoms in total. The second-order valence-electron chi connectivity index (χ2n) is 9.48. The second-order valence-corrected chi connectivity index (χ2v) is 9.92. The highest BCUT2D eigenvalue weighted by Crippen LogP contribution is 2.45. The molecule has 0 radical (unpaired) electrons. The summed E-state index contributed by atoms with van der Waals surface area (Å²) in [4.78, 5) is 18.3. The molecule has 4 aromatic rings. The van der Waals surface area contributed by atoms with Crippen LogP contribution < -0.4 is 15.0 Å². The molecule has 2 aliphatic rings. The fourth-order valence-corrected chi connectivity index (χ4v) is 5.37. The molecule has 1 aromatic heterocycles. The predicted molar refractivity (Wildman–Crippen MR) is 149 cm³/mol. The highest BCUT2D eigenvalue weighted by atomic mass is 35.5. The Morgan fingerprint density at radius 3 is 2.55 bits per heavy atom. The van der Waals surface area contributed by atoms with Gasteiger partial charge in [0.05, 0.1) is 23.2 Å². The average molecular weight is 533 g/mol. The summed E-state index contributed by atoms with van der Waals surface area (Å²) in [7, 11) is 1.67. The van der Waals surface area contributed by atoms with Crippen molar-refractivity contribution in [3.63, 3.8) is 0 Å². The summed E-state index contributed by atoms with van der Waals surface area (Å²) in [6.07, 6.45) is 0. The van der Waals surface area contributed by atoms with Crippen LogP contribution in [0.1, 0.15) is 15.9 Å². The number of carbonyl (C=O) groups excluding carboxylic acids is 1. The molecule has 0 saturated carbocycles. The Morgan fingerprint density at radius 2 is 1.79 bits per heavy atom. The fraction of sp³-hybridized carbons (Fsp3) is 0.310. The molecule has 1 aliphatic carbocycles. The van der Waals surface area contributed by atoms with Crippen LogP contribution in [-0.2, 0) is 4.74 Å². The predicted octanol–water partition coefficient (Wildman–Crippen LogP) is 4.95. The van der Waals surface area contributed by atoms with Crippen LogP contribution in [-0.4, -0.2) is 75.4 Å². The van der Waals surface area contributed by atoms with Crippen molar-refractivity contribution in [3.8, 4) is 17.1 Å². The first kappa shape index (κ1) is 24.7. The van der Waals surface area contributed by atoms with Gasteiger partial charge < -0.3 is 24.2 Å². The van der Waals surface area contributed by atoms with Crippen molar-refractivity contribution in [3.05, 3.63) is 70.7 Å². The van der Waals surface area contributed by atoms with Gasteiger partial charge >= 0.3 is 0 Å². The van der Waals surface area contributed by atoms with Crippen molar-refractivity contribution < 1.29 is 18.8 Å². The van der Waals surface area contributed by atoms with Crippen LogP contribution in [0.25, 0.3) is 22.2 Å². The van der Waals surface area contributed by atoms with Crippen molar-refractivity contribution in [1.82, 2.24) is 10.1 Å². The zero-order chi connectivity index (χ0) is 26.1. The first-order valence-electron chi connectivity index (χ1n) is 12.8. The van der Waals surface area contributed by atoms with Crippen molar-refractivity contribution in [2.45, 2.75) is 0 Å². The van der Waals surface area contributed by atoms with E-state index in [0.717, 1.165) is 66.3 Å². The van der Waals surface area contributed by atoms with Crippen LogP contribution in [0.3, 0.4) is 0 Å². The molecule has 0 amide bonds. The van der Waals surface area contributed by atoms with Crippen LogP contribution in [0.15, 0.2) is 59.1 Å².